The molecular formula is C24H18FNO3S2. The second kappa shape index (κ2) is 9.32. The van der Waals surface area contributed by atoms with Crippen molar-refractivity contribution in [2.24, 2.45) is 0 Å². The van der Waals surface area contributed by atoms with Crippen molar-refractivity contribution in [2.75, 3.05) is 12.0 Å². The molecule has 0 bridgehead atoms. The van der Waals surface area contributed by atoms with Crippen LogP contribution in [-0.4, -0.2) is 17.3 Å². The molecule has 1 heterocycles. The number of nitrogens with zero attached hydrogens (tertiary/aromatic N) is 1. The molecule has 4 rings (SSSR count). The molecule has 1 fully saturated rings. The van der Waals surface area contributed by atoms with E-state index >= 15 is 0 Å². The van der Waals surface area contributed by atoms with Crippen LogP contribution in [0.25, 0.3) is 6.08 Å². The summed E-state index contributed by atoms with van der Waals surface area (Å²) in [6.45, 7) is 0.319. The fourth-order valence-corrected chi connectivity index (χ4v) is 4.37. The van der Waals surface area contributed by atoms with Gasteiger partial charge in [0.25, 0.3) is 5.91 Å². The van der Waals surface area contributed by atoms with E-state index in [1.807, 2.05) is 36.4 Å². The third-order valence-electron chi connectivity index (χ3n) is 4.59. The number of rotatable bonds is 6. The summed E-state index contributed by atoms with van der Waals surface area (Å²) in [5.41, 5.74) is 2.30. The van der Waals surface area contributed by atoms with Gasteiger partial charge in [0.1, 0.15) is 23.9 Å². The molecule has 0 atom stereocenters. The number of hydrogen-bond donors (Lipinski definition) is 0. The first kappa shape index (κ1) is 21.1. The van der Waals surface area contributed by atoms with Crippen LogP contribution in [0.4, 0.5) is 10.1 Å². The molecule has 1 aliphatic heterocycles. The van der Waals surface area contributed by atoms with Crippen LogP contribution in [0.2, 0.25) is 0 Å². The third kappa shape index (κ3) is 4.78. The number of ether oxygens (including phenoxy) is 2. The van der Waals surface area contributed by atoms with Crippen LogP contribution in [0.15, 0.2) is 77.7 Å². The number of carbonyl (C=O) groups is 1. The number of para-hydroxylation sites is 2. The average molecular weight is 452 g/mol. The molecule has 156 valence electrons. The number of thiocarbonyl (C=S) groups is 1. The lowest BCUT2D eigenvalue weighted by molar-refractivity contribution is -0.113. The minimum atomic E-state index is -0.281. The second-order valence-corrected chi connectivity index (χ2v) is 8.35. The van der Waals surface area contributed by atoms with Crippen molar-refractivity contribution in [3.63, 3.8) is 0 Å². The number of benzene rings is 3. The summed E-state index contributed by atoms with van der Waals surface area (Å²) >= 11 is 6.70. The summed E-state index contributed by atoms with van der Waals surface area (Å²) in [4.78, 5) is 15.0. The lowest BCUT2D eigenvalue weighted by atomic mass is 10.2. The van der Waals surface area contributed by atoms with Crippen LogP contribution in [0.5, 0.6) is 11.5 Å². The van der Waals surface area contributed by atoms with Crippen molar-refractivity contribution in [1.29, 1.82) is 0 Å². The van der Waals surface area contributed by atoms with Gasteiger partial charge < -0.3 is 9.47 Å². The first-order chi connectivity index (χ1) is 15.0. The van der Waals surface area contributed by atoms with Gasteiger partial charge in [-0.05, 0) is 53.6 Å². The average Bonchev–Trinajstić information content (AvgIpc) is 3.06. The largest absolute Gasteiger partial charge is 0.495 e. The predicted octanol–water partition coefficient (Wildman–Crippen LogP) is 5.82. The Balaban J connectivity index is 1.52. The summed E-state index contributed by atoms with van der Waals surface area (Å²) in [5.74, 6) is 0.753. The summed E-state index contributed by atoms with van der Waals surface area (Å²) in [7, 11) is 1.56. The highest BCUT2D eigenvalue weighted by Gasteiger charge is 2.34. The normalized spacial score (nSPS) is 14.9. The van der Waals surface area contributed by atoms with Gasteiger partial charge in [-0.25, -0.2) is 4.39 Å². The van der Waals surface area contributed by atoms with Crippen LogP contribution in [0, 0.1) is 5.82 Å². The Morgan fingerprint density at radius 2 is 1.84 bits per heavy atom. The van der Waals surface area contributed by atoms with Gasteiger partial charge in [-0.3, -0.25) is 9.69 Å². The van der Waals surface area contributed by atoms with Crippen LogP contribution in [0.1, 0.15) is 11.1 Å². The Bertz CT molecular complexity index is 1160. The molecule has 4 nitrogen and oxygen atoms in total. The van der Waals surface area contributed by atoms with Crippen molar-refractivity contribution in [3.05, 3.63) is 94.6 Å². The fourth-order valence-electron chi connectivity index (χ4n) is 3.08. The van der Waals surface area contributed by atoms with E-state index in [1.54, 1.807) is 37.5 Å². The zero-order chi connectivity index (χ0) is 21.8. The lowest BCUT2D eigenvalue weighted by Crippen LogP contribution is -2.27. The highest BCUT2D eigenvalue weighted by atomic mass is 32.2. The molecular weight excluding hydrogens is 433 g/mol. The van der Waals surface area contributed by atoms with Gasteiger partial charge in [0, 0.05) is 0 Å². The standard InChI is InChI=1S/C24H18FNO3S2/c1-28-21-8-3-2-7-20(21)26-23(27)22(31-24(26)30)14-17-5-4-6-19(13-17)29-15-16-9-11-18(25)12-10-16/h2-14H,15H2,1H3/b22-14+. The van der Waals surface area contributed by atoms with E-state index in [-0.39, 0.29) is 11.7 Å². The number of methoxy groups -OCH3 is 1. The lowest BCUT2D eigenvalue weighted by Gasteiger charge is -2.17. The number of carbonyl (C=O) groups excluding carboxylic acids is 1. The minimum absolute atomic E-state index is 0.197. The molecule has 31 heavy (non-hydrogen) atoms. The van der Waals surface area contributed by atoms with Crippen molar-refractivity contribution in [2.45, 2.75) is 6.61 Å². The van der Waals surface area contributed by atoms with Crippen LogP contribution in [-0.2, 0) is 11.4 Å². The predicted molar refractivity (Wildman–Crippen MR) is 126 cm³/mol. The van der Waals surface area contributed by atoms with Crippen molar-refractivity contribution in [1.82, 2.24) is 0 Å². The molecule has 0 saturated carbocycles. The van der Waals surface area contributed by atoms with Gasteiger partial charge >= 0.3 is 0 Å². The van der Waals surface area contributed by atoms with Crippen molar-refractivity contribution >= 4 is 46.0 Å². The van der Waals surface area contributed by atoms with E-state index in [9.17, 15) is 9.18 Å². The molecule has 0 radical (unpaired) electrons. The monoisotopic (exact) mass is 451 g/mol. The van der Waals surface area contributed by atoms with Gasteiger partial charge in [-0.1, -0.05) is 60.4 Å². The van der Waals surface area contributed by atoms with Crippen LogP contribution in [0.3, 0.4) is 0 Å². The Morgan fingerprint density at radius 1 is 1.06 bits per heavy atom. The maximum atomic E-state index is 13.0. The Kier molecular flexibility index (Phi) is 6.34. The highest BCUT2D eigenvalue weighted by Crippen LogP contribution is 2.39. The summed E-state index contributed by atoms with van der Waals surface area (Å²) in [5, 5.41) is 0. The first-order valence-electron chi connectivity index (χ1n) is 9.43. The van der Waals surface area contributed by atoms with E-state index in [2.05, 4.69) is 0 Å². The van der Waals surface area contributed by atoms with Gasteiger partial charge in [-0.15, -0.1) is 0 Å². The molecule has 0 N–H and O–H groups in total. The number of hydrogen-bond acceptors (Lipinski definition) is 5. The first-order valence-corrected chi connectivity index (χ1v) is 10.7. The molecule has 7 heteroatoms. The topological polar surface area (TPSA) is 38.8 Å². The van der Waals surface area contributed by atoms with E-state index < -0.39 is 0 Å². The van der Waals surface area contributed by atoms with Gasteiger partial charge in [0.05, 0.1) is 17.7 Å². The molecule has 1 saturated heterocycles. The molecule has 1 aliphatic rings. The van der Waals surface area contributed by atoms with Gasteiger partial charge in [0.2, 0.25) is 0 Å². The van der Waals surface area contributed by atoms with E-state index in [0.29, 0.717) is 33.0 Å². The smallest absolute Gasteiger partial charge is 0.270 e. The fraction of sp³-hybridized carbons (Fsp3) is 0.0833. The van der Waals surface area contributed by atoms with Crippen LogP contribution < -0.4 is 14.4 Å². The Hall–Kier alpha value is -3.16. The molecule has 3 aromatic rings. The summed E-state index contributed by atoms with van der Waals surface area (Å²) in [6.07, 6.45) is 1.79. The molecule has 0 aliphatic carbocycles. The zero-order valence-corrected chi connectivity index (χ0v) is 18.2. The number of anilines is 1. The van der Waals surface area contributed by atoms with Gasteiger partial charge in [-0.2, -0.15) is 0 Å². The Morgan fingerprint density at radius 3 is 2.61 bits per heavy atom. The van der Waals surface area contributed by atoms with E-state index in [0.717, 1.165) is 11.1 Å². The molecule has 0 aromatic heterocycles. The third-order valence-corrected chi connectivity index (χ3v) is 5.90. The Labute approximate surface area is 189 Å². The SMILES string of the molecule is COc1ccccc1N1C(=O)/C(=C\c2cccc(OCc3ccc(F)cc3)c2)SC1=S. The maximum absolute atomic E-state index is 13.0. The molecule has 0 spiro atoms. The van der Waals surface area contributed by atoms with Crippen molar-refractivity contribution in [3.8, 4) is 11.5 Å². The van der Waals surface area contributed by atoms with E-state index in [1.165, 1.54) is 28.8 Å². The highest BCUT2D eigenvalue weighted by molar-refractivity contribution is 8.27. The maximum Gasteiger partial charge on any atom is 0.270 e. The van der Waals surface area contributed by atoms with Crippen LogP contribution >= 0.6 is 24.0 Å². The van der Waals surface area contributed by atoms with E-state index in [4.69, 9.17) is 21.7 Å². The number of amides is 1. The number of halogens is 1. The second-order valence-electron chi connectivity index (χ2n) is 6.68. The summed E-state index contributed by atoms with van der Waals surface area (Å²) < 4.78 is 24.7. The minimum Gasteiger partial charge on any atom is -0.495 e. The van der Waals surface area contributed by atoms with Crippen molar-refractivity contribution < 1.29 is 18.7 Å². The zero-order valence-electron chi connectivity index (χ0n) is 16.6. The van der Waals surface area contributed by atoms with Gasteiger partial charge in [0.15, 0.2) is 4.32 Å². The molecule has 0 unspecified atom stereocenters. The summed E-state index contributed by atoms with van der Waals surface area (Å²) in [6, 6.07) is 20.9. The molecule has 3 aromatic carbocycles. The quantitative estimate of drug-likeness (QED) is 0.349. The number of thioether (sulfide) groups is 1. The molecule has 1 amide bonds.